The van der Waals surface area contributed by atoms with E-state index in [2.05, 4.69) is 17.1 Å². The van der Waals surface area contributed by atoms with Gasteiger partial charge >= 0.3 is 0 Å². The van der Waals surface area contributed by atoms with Gasteiger partial charge in [0, 0.05) is 6.04 Å². The van der Waals surface area contributed by atoms with Gasteiger partial charge in [-0.2, -0.15) is 11.8 Å². The number of hydrogen-bond donors (Lipinski definition) is 1. The Bertz CT molecular complexity index is 229. The lowest BCUT2D eigenvalue weighted by molar-refractivity contribution is -0.130. The molecule has 0 saturated carbocycles. The summed E-state index contributed by atoms with van der Waals surface area (Å²) in [6.45, 7) is 2.73. The molecule has 15 heavy (non-hydrogen) atoms. The number of rotatable bonds is 3. The van der Waals surface area contributed by atoms with Crippen molar-refractivity contribution in [2.75, 3.05) is 18.1 Å². The predicted octanol–water partition coefficient (Wildman–Crippen LogP) is 1.44. The zero-order chi connectivity index (χ0) is 10.7. The van der Waals surface area contributed by atoms with E-state index in [4.69, 9.17) is 0 Å². The second-order valence-corrected chi connectivity index (χ2v) is 5.55. The molecule has 0 aromatic carbocycles. The predicted molar refractivity (Wildman–Crippen MR) is 63.9 cm³/mol. The van der Waals surface area contributed by atoms with Crippen molar-refractivity contribution < 1.29 is 4.79 Å². The Morgan fingerprint density at radius 3 is 2.87 bits per heavy atom. The molecule has 1 atom stereocenters. The molecule has 0 spiro atoms. The van der Waals surface area contributed by atoms with Crippen LogP contribution in [0.2, 0.25) is 0 Å². The summed E-state index contributed by atoms with van der Waals surface area (Å²) in [4.78, 5) is 13.9. The highest BCUT2D eigenvalue weighted by Gasteiger charge is 2.35. The van der Waals surface area contributed by atoms with Crippen molar-refractivity contribution in [2.24, 2.45) is 0 Å². The quantitative estimate of drug-likeness (QED) is 0.793. The van der Waals surface area contributed by atoms with Gasteiger partial charge in [-0.05, 0) is 30.8 Å². The van der Waals surface area contributed by atoms with Crippen molar-refractivity contribution in [3.8, 4) is 0 Å². The summed E-state index contributed by atoms with van der Waals surface area (Å²) in [5.41, 5.74) is 0. The summed E-state index contributed by atoms with van der Waals surface area (Å²) >= 11 is 2.01. The number of hydrogen-bond acceptors (Lipinski definition) is 3. The average Bonchev–Trinajstić information content (AvgIpc) is 2.62. The minimum absolute atomic E-state index is 0.311. The summed E-state index contributed by atoms with van der Waals surface area (Å²) in [5, 5.41) is 3.32. The van der Waals surface area contributed by atoms with Gasteiger partial charge in [-0.1, -0.05) is 13.3 Å². The molecular weight excluding hydrogens is 208 g/mol. The number of nitrogens with one attached hydrogen (secondary N) is 1. The zero-order valence-corrected chi connectivity index (χ0v) is 10.2. The minimum Gasteiger partial charge on any atom is -0.323 e. The molecule has 3 nitrogen and oxygen atoms in total. The average molecular weight is 228 g/mol. The first-order valence-corrected chi connectivity index (χ1v) is 7.10. The Kier molecular flexibility index (Phi) is 3.92. The monoisotopic (exact) mass is 228 g/mol. The van der Waals surface area contributed by atoms with E-state index in [9.17, 15) is 4.79 Å². The van der Waals surface area contributed by atoms with E-state index in [1.165, 1.54) is 24.3 Å². The van der Waals surface area contributed by atoms with Crippen molar-refractivity contribution in [3.05, 3.63) is 0 Å². The van der Waals surface area contributed by atoms with Gasteiger partial charge in [0.25, 0.3) is 0 Å². The molecule has 4 heteroatoms. The van der Waals surface area contributed by atoms with Crippen LogP contribution in [0.5, 0.6) is 0 Å². The van der Waals surface area contributed by atoms with Crippen LogP contribution in [0.3, 0.4) is 0 Å². The molecule has 0 aromatic heterocycles. The number of nitrogens with zero attached hydrogens (tertiary/aromatic N) is 1. The summed E-state index contributed by atoms with van der Waals surface area (Å²) < 4.78 is 0. The van der Waals surface area contributed by atoms with Crippen molar-refractivity contribution in [2.45, 2.75) is 44.8 Å². The van der Waals surface area contributed by atoms with E-state index >= 15 is 0 Å². The van der Waals surface area contributed by atoms with Crippen LogP contribution in [-0.2, 0) is 4.79 Å². The molecule has 2 saturated heterocycles. The molecule has 2 rings (SSSR count). The molecule has 86 valence electrons. The largest absolute Gasteiger partial charge is 0.323 e. The third kappa shape index (κ3) is 2.48. The first kappa shape index (κ1) is 11.3. The second-order valence-electron chi connectivity index (χ2n) is 4.33. The summed E-state index contributed by atoms with van der Waals surface area (Å²) in [6, 6.07) is 0.505. The Balaban J connectivity index is 1.99. The maximum atomic E-state index is 11.8. The molecule has 1 N–H and O–H groups in total. The lowest BCUT2D eigenvalue weighted by Crippen LogP contribution is -2.46. The molecule has 0 aromatic rings. The molecular formula is C11H20N2OS. The fraction of sp³-hybridized carbons (Fsp3) is 0.909. The first-order valence-electron chi connectivity index (χ1n) is 5.95. The van der Waals surface area contributed by atoms with E-state index in [-0.39, 0.29) is 0 Å². The lowest BCUT2D eigenvalue weighted by atomic mass is 10.1. The molecule has 2 fully saturated rings. The zero-order valence-electron chi connectivity index (χ0n) is 9.37. The lowest BCUT2D eigenvalue weighted by Gasteiger charge is -2.35. The van der Waals surface area contributed by atoms with Gasteiger partial charge in [-0.15, -0.1) is 0 Å². The Morgan fingerprint density at radius 1 is 1.47 bits per heavy atom. The van der Waals surface area contributed by atoms with Crippen LogP contribution in [0, 0.1) is 0 Å². The highest BCUT2D eigenvalue weighted by molar-refractivity contribution is 7.99. The van der Waals surface area contributed by atoms with E-state index in [0.717, 1.165) is 12.8 Å². The maximum Gasteiger partial charge on any atom is 0.238 e. The van der Waals surface area contributed by atoms with Crippen LogP contribution in [0.4, 0.5) is 0 Å². The normalized spacial score (nSPS) is 28.7. The van der Waals surface area contributed by atoms with Crippen LogP contribution in [-0.4, -0.2) is 41.1 Å². The SMILES string of the molecule is CCCC1NCC(=O)N1C1CCSCC1. The fourth-order valence-corrected chi connectivity index (χ4v) is 3.59. The molecule has 1 amide bonds. The Hall–Kier alpha value is -0.220. The first-order chi connectivity index (χ1) is 7.33. The van der Waals surface area contributed by atoms with Crippen LogP contribution >= 0.6 is 11.8 Å². The molecule has 0 aliphatic carbocycles. The summed E-state index contributed by atoms with van der Waals surface area (Å²) in [5.74, 6) is 2.74. The minimum atomic E-state index is 0.311. The van der Waals surface area contributed by atoms with E-state index in [1.54, 1.807) is 0 Å². The Labute approximate surface area is 96.0 Å². The van der Waals surface area contributed by atoms with Crippen LogP contribution < -0.4 is 5.32 Å². The van der Waals surface area contributed by atoms with Crippen LogP contribution in [0.15, 0.2) is 0 Å². The molecule has 1 unspecified atom stereocenters. The van der Waals surface area contributed by atoms with Gasteiger partial charge in [-0.3, -0.25) is 10.1 Å². The molecule has 2 aliphatic heterocycles. The van der Waals surface area contributed by atoms with Gasteiger partial charge in [0.2, 0.25) is 5.91 Å². The fourth-order valence-electron chi connectivity index (χ4n) is 2.50. The third-order valence-corrected chi connectivity index (χ3v) is 4.31. The Morgan fingerprint density at radius 2 is 2.20 bits per heavy atom. The molecule has 0 radical (unpaired) electrons. The van der Waals surface area contributed by atoms with E-state index in [0.29, 0.717) is 24.7 Å². The number of amides is 1. The van der Waals surface area contributed by atoms with Crippen LogP contribution in [0.1, 0.15) is 32.6 Å². The van der Waals surface area contributed by atoms with Gasteiger partial charge in [0.05, 0.1) is 12.7 Å². The van der Waals surface area contributed by atoms with E-state index < -0.39 is 0 Å². The van der Waals surface area contributed by atoms with Gasteiger partial charge in [0.15, 0.2) is 0 Å². The smallest absolute Gasteiger partial charge is 0.238 e. The van der Waals surface area contributed by atoms with Crippen molar-refractivity contribution >= 4 is 17.7 Å². The third-order valence-electron chi connectivity index (χ3n) is 3.26. The van der Waals surface area contributed by atoms with Crippen molar-refractivity contribution in [1.82, 2.24) is 10.2 Å². The molecule has 0 bridgehead atoms. The van der Waals surface area contributed by atoms with E-state index in [1.807, 2.05) is 11.8 Å². The highest BCUT2D eigenvalue weighted by atomic mass is 32.2. The summed E-state index contributed by atoms with van der Waals surface area (Å²) in [6.07, 6.45) is 4.91. The second kappa shape index (κ2) is 5.21. The number of carbonyl (C=O) groups excluding carboxylic acids is 1. The molecule has 2 heterocycles. The standard InChI is InChI=1S/C11H20N2OS/c1-2-3-10-12-8-11(14)13(10)9-4-6-15-7-5-9/h9-10,12H,2-8H2,1H3. The van der Waals surface area contributed by atoms with Gasteiger partial charge in [-0.25, -0.2) is 0 Å². The van der Waals surface area contributed by atoms with Crippen LogP contribution in [0.25, 0.3) is 0 Å². The van der Waals surface area contributed by atoms with Crippen molar-refractivity contribution in [3.63, 3.8) is 0 Å². The topological polar surface area (TPSA) is 32.3 Å². The number of carbonyl (C=O) groups is 1. The van der Waals surface area contributed by atoms with Crippen molar-refractivity contribution in [1.29, 1.82) is 0 Å². The van der Waals surface area contributed by atoms with Gasteiger partial charge < -0.3 is 4.90 Å². The van der Waals surface area contributed by atoms with Gasteiger partial charge in [0.1, 0.15) is 0 Å². The summed E-state index contributed by atoms with van der Waals surface area (Å²) in [7, 11) is 0. The highest BCUT2D eigenvalue weighted by Crippen LogP contribution is 2.25. The molecule has 2 aliphatic rings. The maximum absolute atomic E-state index is 11.8. The number of thioether (sulfide) groups is 1.